The zero-order chi connectivity index (χ0) is 21.7. The number of amides is 2. The third-order valence-electron chi connectivity index (χ3n) is 4.79. The van der Waals surface area contributed by atoms with Crippen molar-refractivity contribution < 1.29 is 23.9 Å². The summed E-state index contributed by atoms with van der Waals surface area (Å²) in [6.07, 6.45) is 0.133. The molecule has 0 aliphatic carbocycles. The lowest BCUT2D eigenvalue weighted by molar-refractivity contribution is -0.122. The first kappa shape index (κ1) is 21.4. The fraction of sp³-hybridized carbons (Fsp3) is 0.348. The van der Waals surface area contributed by atoms with E-state index >= 15 is 0 Å². The molecular weight excluding hydrogens is 384 g/mol. The van der Waals surface area contributed by atoms with Crippen LogP contribution < -0.4 is 15.0 Å². The second-order valence-electron chi connectivity index (χ2n) is 7.67. The van der Waals surface area contributed by atoms with Gasteiger partial charge >= 0.3 is 5.97 Å². The molecule has 1 aliphatic heterocycles. The Kier molecular flexibility index (Phi) is 6.72. The van der Waals surface area contributed by atoms with Crippen molar-refractivity contribution in [3.8, 4) is 5.75 Å². The lowest BCUT2D eigenvalue weighted by atomic mass is 10.1. The Morgan fingerprint density at radius 1 is 1.17 bits per heavy atom. The molecule has 7 heteroatoms. The van der Waals surface area contributed by atoms with Gasteiger partial charge in [-0.3, -0.25) is 9.59 Å². The molecular formula is C23H26N2O5. The van der Waals surface area contributed by atoms with Gasteiger partial charge in [0, 0.05) is 24.3 Å². The molecule has 1 aliphatic rings. The van der Waals surface area contributed by atoms with Crippen LogP contribution in [0.4, 0.5) is 11.4 Å². The van der Waals surface area contributed by atoms with Gasteiger partial charge in [-0.05, 0) is 48.4 Å². The average Bonchev–Trinajstić information content (AvgIpc) is 3.14. The van der Waals surface area contributed by atoms with E-state index in [0.717, 1.165) is 5.69 Å². The van der Waals surface area contributed by atoms with Gasteiger partial charge in [-0.2, -0.15) is 0 Å². The number of hydrogen-bond donors (Lipinski definition) is 1. The lowest BCUT2D eigenvalue weighted by Crippen LogP contribution is -2.28. The van der Waals surface area contributed by atoms with Gasteiger partial charge in [0.25, 0.3) is 0 Å². The zero-order valence-electron chi connectivity index (χ0n) is 17.4. The molecule has 30 heavy (non-hydrogen) atoms. The summed E-state index contributed by atoms with van der Waals surface area (Å²) in [7, 11) is 1.58. The summed E-state index contributed by atoms with van der Waals surface area (Å²) >= 11 is 0. The molecule has 1 unspecified atom stereocenters. The van der Waals surface area contributed by atoms with E-state index in [9.17, 15) is 14.4 Å². The fourth-order valence-corrected chi connectivity index (χ4v) is 3.19. The van der Waals surface area contributed by atoms with Crippen molar-refractivity contribution in [2.45, 2.75) is 20.3 Å². The van der Waals surface area contributed by atoms with Gasteiger partial charge in [0.05, 0.1) is 25.2 Å². The summed E-state index contributed by atoms with van der Waals surface area (Å²) in [5.41, 5.74) is 1.59. The molecule has 0 spiro atoms. The highest BCUT2D eigenvalue weighted by Gasteiger charge is 2.35. The minimum absolute atomic E-state index is 0.105. The molecule has 1 N–H and O–H groups in total. The molecule has 7 nitrogen and oxygen atoms in total. The Morgan fingerprint density at radius 2 is 1.90 bits per heavy atom. The number of nitrogens with zero attached hydrogens (tertiary/aromatic N) is 1. The van der Waals surface area contributed by atoms with E-state index < -0.39 is 11.9 Å². The van der Waals surface area contributed by atoms with Gasteiger partial charge in [-0.1, -0.05) is 19.9 Å². The van der Waals surface area contributed by atoms with Crippen LogP contribution in [0.2, 0.25) is 0 Å². The smallest absolute Gasteiger partial charge is 0.338 e. The van der Waals surface area contributed by atoms with Crippen molar-refractivity contribution in [3.05, 3.63) is 54.1 Å². The van der Waals surface area contributed by atoms with Gasteiger partial charge in [0.2, 0.25) is 11.8 Å². The molecule has 1 heterocycles. The van der Waals surface area contributed by atoms with Crippen molar-refractivity contribution in [2.75, 3.05) is 30.5 Å². The van der Waals surface area contributed by atoms with E-state index in [-0.39, 0.29) is 24.2 Å². The number of ether oxygens (including phenoxy) is 2. The van der Waals surface area contributed by atoms with Crippen LogP contribution in [0.3, 0.4) is 0 Å². The second-order valence-corrected chi connectivity index (χ2v) is 7.67. The topological polar surface area (TPSA) is 84.9 Å². The van der Waals surface area contributed by atoms with Gasteiger partial charge in [-0.25, -0.2) is 4.79 Å². The Balaban J connectivity index is 1.63. The van der Waals surface area contributed by atoms with Crippen LogP contribution in [0, 0.1) is 11.8 Å². The zero-order valence-corrected chi connectivity index (χ0v) is 17.4. The molecule has 3 rings (SSSR count). The number of carbonyl (C=O) groups is 3. The fourth-order valence-electron chi connectivity index (χ4n) is 3.19. The standard InChI is InChI=1S/C23H26N2O5/c1-15(2)14-30-23(28)16-5-4-6-18(11-16)24-22(27)17-12-21(26)25(13-17)19-7-9-20(29-3)10-8-19/h4-11,15,17H,12-14H2,1-3H3,(H,24,27). The first-order chi connectivity index (χ1) is 14.4. The number of anilines is 2. The summed E-state index contributed by atoms with van der Waals surface area (Å²) < 4.78 is 10.4. The van der Waals surface area contributed by atoms with E-state index in [2.05, 4.69) is 5.32 Å². The second kappa shape index (κ2) is 9.43. The number of benzene rings is 2. The van der Waals surface area contributed by atoms with Crippen LogP contribution in [-0.4, -0.2) is 38.0 Å². The van der Waals surface area contributed by atoms with Crippen molar-refractivity contribution in [3.63, 3.8) is 0 Å². The van der Waals surface area contributed by atoms with E-state index in [4.69, 9.17) is 9.47 Å². The summed E-state index contributed by atoms with van der Waals surface area (Å²) in [6.45, 7) is 4.55. The Labute approximate surface area is 176 Å². The Morgan fingerprint density at radius 3 is 2.57 bits per heavy atom. The average molecular weight is 410 g/mol. The van der Waals surface area contributed by atoms with Crippen LogP contribution in [0.15, 0.2) is 48.5 Å². The molecule has 158 valence electrons. The first-order valence-electron chi connectivity index (χ1n) is 9.90. The number of rotatable bonds is 7. The highest BCUT2D eigenvalue weighted by Crippen LogP contribution is 2.27. The predicted octanol–water partition coefficient (Wildman–Crippen LogP) is 3.50. The molecule has 1 saturated heterocycles. The Bertz CT molecular complexity index is 923. The number of hydrogen-bond acceptors (Lipinski definition) is 5. The lowest BCUT2D eigenvalue weighted by Gasteiger charge is -2.17. The van der Waals surface area contributed by atoms with Crippen LogP contribution in [0.1, 0.15) is 30.6 Å². The summed E-state index contributed by atoms with van der Waals surface area (Å²) in [5.74, 6) is -0.326. The molecule has 2 aromatic rings. The number of esters is 1. The van der Waals surface area contributed by atoms with Crippen molar-refractivity contribution in [2.24, 2.45) is 11.8 Å². The molecule has 1 fully saturated rings. The molecule has 0 saturated carbocycles. The maximum atomic E-state index is 12.7. The van der Waals surface area contributed by atoms with Gasteiger partial charge < -0.3 is 19.7 Å². The monoisotopic (exact) mass is 410 g/mol. The molecule has 2 amide bonds. The number of nitrogens with one attached hydrogen (secondary N) is 1. The quantitative estimate of drug-likeness (QED) is 0.706. The van der Waals surface area contributed by atoms with Crippen molar-refractivity contribution >= 4 is 29.2 Å². The van der Waals surface area contributed by atoms with Gasteiger partial charge in [0.15, 0.2) is 0 Å². The maximum Gasteiger partial charge on any atom is 0.338 e. The Hall–Kier alpha value is -3.35. The first-order valence-corrected chi connectivity index (χ1v) is 9.90. The summed E-state index contributed by atoms with van der Waals surface area (Å²) in [5, 5.41) is 2.81. The van der Waals surface area contributed by atoms with Crippen molar-refractivity contribution in [1.82, 2.24) is 0 Å². The highest BCUT2D eigenvalue weighted by molar-refractivity contribution is 6.04. The SMILES string of the molecule is COc1ccc(N2CC(C(=O)Nc3cccc(C(=O)OCC(C)C)c3)CC2=O)cc1. The minimum atomic E-state index is -0.476. The van der Waals surface area contributed by atoms with E-state index in [1.165, 1.54) is 0 Å². The van der Waals surface area contributed by atoms with Gasteiger partial charge in [-0.15, -0.1) is 0 Å². The van der Waals surface area contributed by atoms with Crippen LogP contribution in [0.5, 0.6) is 5.75 Å². The van der Waals surface area contributed by atoms with E-state index in [1.54, 1.807) is 60.5 Å². The highest BCUT2D eigenvalue weighted by atomic mass is 16.5. The van der Waals surface area contributed by atoms with E-state index in [1.807, 2.05) is 13.8 Å². The number of methoxy groups -OCH3 is 1. The largest absolute Gasteiger partial charge is 0.497 e. The maximum absolute atomic E-state index is 12.7. The van der Waals surface area contributed by atoms with Crippen LogP contribution in [-0.2, 0) is 14.3 Å². The van der Waals surface area contributed by atoms with Gasteiger partial charge in [0.1, 0.15) is 5.75 Å². The number of carbonyl (C=O) groups excluding carboxylic acids is 3. The van der Waals surface area contributed by atoms with Crippen LogP contribution >= 0.6 is 0 Å². The molecule has 1 atom stereocenters. The molecule has 0 aromatic heterocycles. The van der Waals surface area contributed by atoms with E-state index in [0.29, 0.717) is 30.2 Å². The van der Waals surface area contributed by atoms with Crippen molar-refractivity contribution in [1.29, 1.82) is 0 Å². The molecule has 2 aromatic carbocycles. The normalized spacial score (nSPS) is 15.9. The minimum Gasteiger partial charge on any atom is -0.497 e. The van der Waals surface area contributed by atoms with Crippen LogP contribution in [0.25, 0.3) is 0 Å². The molecule has 0 radical (unpaired) electrons. The third kappa shape index (κ3) is 5.17. The summed E-state index contributed by atoms with van der Waals surface area (Å²) in [6, 6.07) is 13.8. The summed E-state index contributed by atoms with van der Waals surface area (Å²) in [4.78, 5) is 38.9. The molecule has 0 bridgehead atoms. The predicted molar refractivity (Wildman–Crippen MR) is 114 cm³/mol. The third-order valence-corrected chi connectivity index (χ3v) is 4.79.